The first-order chi connectivity index (χ1) is 9.18. The second-order valence-corrected chi connectivity index (χ2v) is 5.53. The van der Waals surface area contributed by atoms with Gasteiger partial charge in [0.15, 0.2) is 0 Å². The molecular formula is C16H24O3. The molecule has 3 atom stereocenters. The Labute approximate surface area is 115 Å². The summed E-state index contributed by atoms with van der Waals surface area (Å²) in [4.78, 5) is 0. The van der Waals surface area contributed by atoms with Crippen molar-refractivity contribution >= 4 is 0 Å². The third-order valence-electron chi connectivity index (χ3n) is 3.61. The van der Waals surface area contributed by atoms with Gasteiger partial charge in [0.2, 0.25) is 0 Å². The van der Waals surface area contributed by atoms with E-state index in [1.54, 1.807) is 0 Å². The molecule has 1 fully saturated rings. The van der Waals surface area contributed by atoms with Crippen LogP contribution < -0.4 is 0 Å². The van der Waals surface area contributed by atoms with Crippen LogP contribution in [0.4, 0.5) is 0 Å². The van der Waals surface area contributed by atoms with E-state index in [1.165, 1.54) is 0 Å². The molecule has 3 unspecified atom stereocenters. The highest BCUT2D eigenvalue weighted by molar-refractivity contribution is 5.18. The summed E-state index contributed by atoms with van der Waals surface area (Å²) < 4.78 is 11.5. The van der Waals surface area contributed by atoms with Crippen LogP contribution in [0.2, 0.25) is 0 Å². The fourth-order valence-electron chi connectivity index (χ4n) is 2.48. The lowest BCUT2D eigenvalue weighted by Gasteiger charge is -2.28. The van der Waals surface area contributed by atoms with E-state index in [0.29, 0.717) is 6.61 Å². The van der Waals surface area contributed by atoms with Gasteiger partial charge < -0.3 is 14.6 Å². The molecule has 19 heavy (non-hydrogen) atoms. The molecular weight excluding hydrogens is 240 g/mol. The quantitative estimate of drug-likeness (QED) is 0.858. The third kappa shape index (κ3) is 4.03. The van der Waals surface area contributed by atoms with Crippen LogP contribution in [0, 0.1) is 5.92 Å². The number of aliphatic hydroxyl groups excluding tert-OH is 1. The van der Waals surface area contributed by atoms with Crippen molar-refractivity contribution in [3.05, 3.63) is 35.9 Å². The van der Waals surface area contributed by atoms with E-state index in [9.17, 15) is 5.11 Å². The largest absolute Gasteiger partial charge is 0.386 e. The maximum Gasteiger partial charge on any atom is 0.105 e. The molecule has 1 aromatic carbocycles. The van der Waals surface area contributed by atoms with Gasteiger partial charge in [-0.2, -0.15) is 0 Å². The van der Waals surface area contributed by atoms with Crippen LogP contribution >= 0.6 is 0 Å². The number of hydrogen-bond acceptors (Lipinski definition) is 3. The molecule has 106 valence electrons. The molecule has 0 radical (unpaired) electrons. The lowest BCUT2D eigenvalue weighted by Crippen LogP contribution is -2.31. The Bertz CT molecular complexity index is 358. The fraction of sp³-hybridized carbons (Fsp3) is 0.625. The normalized spacial score (nSPS) is 22.6. The molecule has 1 N–H and O–H groups in total. The van der Waals surface area contributed by atoms with Crippen LogP contribution in [-0.2, 0) is 9.47 Å². The Morgan fingerprint density at radius 2 is 2.05 bits per heavy atom. The van der Waals surface area contributed by atoms with E-state index < -0.39 is 6.10 Å². The fourth-order valence-corrected chi connectivity index (χ4v) is 2.48. The van der Waals surface area contributed by atoms with Gasteiger partial charge in [-0.1, -0.05) is 44.2 Å². The van der Waals surface area contributed by atoms with Crippen molar-refractivity contribution < 1.29 is 14.6 Å². The summed E-state index contributed by atoms with van der Waals surface area (Å²) in [5.41, 5.74) is 0.911. The summed E-state index contributed by atoms with van der Waals surface area (Å²) in [5.74, 6) is 0.261. The van der Waals surface area contributed by atoms with Crippen LogP contribution in [0.1, 0.15) is 38.4 Å². The molecule has 0 aliphatic carbocycles. The Kier molecular flexibility index (Phi) is 5.37. The minimum Gasteiger partial charge on any atom is -0.386 e. The topological polar surface area (TPSA) is 38.7 Å². The van der Waals surface area contributed by atoms with Gasteiger partial charge >= 0.3 is 0 Å². The van der Waals surface area contributed by atoms with E-state index in [-0.39, 0.29) is 18.1 Å². The average Bonchev–Trinajstić information content (AvgIpc) is 2.92. The monoisotopic (exact) mass is 264 g/mol. The molecule has 0 amide bonds. The first-order valence-corrected chi connectivity index (χ1v) is 7.14. The zero-order chi connectivity index (χ0) is 13.7. The summed E-state index contributed by atoms with van der Waals surface area (Å²) in [6.45, 7) is 5.56. The van der Waals surface area contributed by atoms with Crippen molar-refractivity contribution in [2.24, 2.45) is 5.92 Å². The summed E-state index contributed by atoms with van der Waals surface area (Å²) in [7, 11) is 0. The minimum absolute atomic E-state index is 0.188. The van der Waals surface area contributed by atoms with Gasteiger partial charge in [-0.25, -0.2) is 0 Å². The maximum absolute atomic E-state index is 10.5. The highest BCUT2D eigenvalue weighted by Gasteiger charge is 2.26. The summed E-state index contributed by atoms with van der Waals surface area (Å²) in [5, 5.41) is 10.5. The summed E-state index contributed by atoms with van der Waals surface area (Å²) in [6.07, 6.45) is 1.60. The van der Waals surface area contributed by atoms with Gasteiger partial charge in [-0.05, 0) is 24.3 Å². The highest BCUT2D eigenvalue weighted by Crippen LogP contribution is 2.25. The van der Waals surface area contributed by atoms with E-state index >= 15 is 0 Å². The molecule has 0 bridgehead atoms. The van der Waals surface area contributed by atoms with E-state index in [0.717, 1.165) is 25.0 Å². The van der Waals surface area contributed by atoms with Crippen molar-refractivity contribution in [3.63, 3.8) is 0 Å². The Balaban J connectivity index is 1.94. The highest BCUT2D eigenvalue weighted by atomic mass is 16.5. The Morgan fingerprint density at radius 1 is 1.32 bits per heavy atom. The lowest BCUT2D eigenvalue weighted by molar-refractivity contribution is -0.0906. The van der Waals surface area contributed by atoms with Crippen molar-refractivity contribution in [3.8, 4) is 0 Å². The summed E-state index contributed by atoms with van der Waals surface area (Å²) in [6, 6.07) is 9.71. The average molecular weight is 264 g/mol. The smallest absolute Gasteiger partial charge is 0.105 e. The Hall–Kier alpha value is -0.900. The van der Waals surface area contributed by atoms with Gasteiger partial charge in [-0.15, -0.1) is 0 Å². The number of ether oxygens (including phenoxy) is 2. The second-order valence-electron chi connectivity index (χ2n) is 5.53. The van der Waals surface area contributed by atoms with Gasteiger partial charge in [0.25, 0.3) is 0 Å². The van der Waals surface area contributed by atoms with Gasteiger partial charge in [0.1, 0.15) is 6.10 Å². The van der Waals surface area contributed by atoms with E-state index in [1.807, 2.05) is 30.3 Å². The molecule has 1 aliphatic heterocycles. The lowest BCUT2D eigenvalue weighted by atomic mass is 9.96. The van der Waals surface area contributed by atoms with Crippen LogP contribution in [0.15, 0.2) is 30.3 Å². The molecule has 1 aromatic rings. The molecule has 2 rings (SSSR count). The number of benzene rings is 1. The molecule has 1 heterocycles. The van der Waals surface area contributed by atoms with Gasteiger partial charge in [-0.3, -0.25) is 0 Å². The summed E-state index contributed by atoms with van der Waals surface area (Å²) >= 11 is 0. The van der Waals surface area contributed by atoms with Crippen molar-refractivity contribution in [2.75, 3.05) is 13.2 Å². The van der Waals surface area contributed by atoms with Crippen LogP contribution in [0.25, 0.3) is 0 Å². The van der Waals surface area contributed by atoms with Crippen molar-refractivity contribution in [2.45, 2.75) is 45.0 Å². The molecule has 0 aromatic heterocycles. The molecule has 0 saturated carbocycles. The maximum atomic E-state index is 10.5. The predicted octanol–water partition coefficient (Wildman–Crippen LogP) is 2.94. The number of hydrogen-bond donors (Lipinski definition) is 1. The zero-order valence-electron chi connectivity index (χ0n) is 11.8. The predicted molar refractivity (Wildman–Crippen MR) is 75.0 cm³/mol. The molecule has 3 heteroatoms. The molecule has 3 nitrogen and oxygen atoms in total. The molecule has 1 aliphatic rings. The number of rotatable bonds is 6. The third-order valence-corrected chi connectivity index (χ3v) is 3.61. The first-order valence-electron chi connectivity index (χ1n) is 7.14. The minimum atomic E-state index is -0.581. The van der Waals surface area contributed by atoms with Crippen LogP contribution in [0.3, 0.4) is 0 Å². The van der Waals surface area contributed by atoms with Crippen LogP contribution in [-0.4, -0.2) is 30.5 Å². The Morgan fingerprint density at radius 3 is 2.63 bits per heavy atom. The van der Waals surface area contributed by atoms with Gasteiger partial charge in [0, 0.05) is 6.61 Å². The first kappa shape index (κ1) is 14.5. The standard InChI is InChI=1S/C16H24O3/c1-12(2)16(19-11-14-9-6-10-18-14)15(17)13-7-4-3-5-8-13/h3-5,7-8,12,14-17H,6,9-11H2,1-2H3. The van der Waals surface area contributed by atoms with Crippen molar-refractivity contribution in [1.29, 1.82) is 0 Å². The molecule has 1 saturated heterocycles. The van der Waals surface area contributed by atoms with Crippen molar-refractivity contribution in [1.82, 2.24) is 0 Å². The van der Waals surface area contributed by atoms with E-state index in [4.69, 9.17) is 9.47 Å². The van der Waals surface area contributed by atoms with Crippen LogP contribution in [0.5, 0.6) is 0 Å². The number of aliphatic hydroxyl groups is 1. The zero-order valence-corrected chi connectivity index (χ0v) is 11.8. The second kappa shape index (κ2) is 7.04. The molecule has 0 spiro atoms. The SMILES string of the molecule is CC(C)C(OCC1CCCO1)C(O)c1ccccc1. The van der Waals surface area contributed by atoms with Gasteiger partial charge in [0.05, 0.1) is 18.8 Å². The van der Waals surface area contributed by atoms with E-state index in [2.05, 4.69) is 13.8 Å².